The first-order valence-corrected chi connectivity index (χ1v) is 5.02. The predicted octanol–water partition coefficient (Wildman–Crippen LogP) is 1.79. The maximum absolute atomic E-state index is 10.8. The minimum atomic E-state index is -1.09. The van der Waals surface area contributed by atoms with Gasteiger partial charge in [-0.3, -0.25) is 10.1 Å². The highest BCUT2D eigenvalue weighted by Crippen LogP contribution is 2.21. The summed E-state index contributed by atoms with van der Waals surface area (Å²) >= 11 is 0. The molecule has 18 heavy (non-hydrogen) atoms. The molecule has 2 rings (SSSR count). The van der Waals surface area contributed by atoms with Gasteiger partial charge in [0.2, 0.25) is 0 Å². The molecule has 1 aromatic heterocycles. The topological polar surface area (TPSA) is 98.3 Å². The Morgan fingerprint density at radius 2 is 2.22 bits per heavy atom. The fourth-order valence-electron chi connectivity index (χ4n) is 1.51. The van der Waals surface area contributed by atoms with Gasteiger partial charge >= 0.3 is 5.97 Å². The van der Waals surface area contributed by atoms with Crippen LogP contribution in [0.4, 0.5) is 5.69 Å². The van der Waals surface area contributed by atoms with Gasteiger partial charge in [-0.1, -0.05) is 6.07 Å². The minimum Gasteiger partial charge on any atom is -0.478 e. The molecular formula is C11H9N3O4. The number of carbonyl (C=O) groups is 1. The molecule has 1 N–H and O–H groups in total. The van der Waals surface area contributed by atoms with Crippen LogP contribution in [-0.4, -0.2) is 25.8 Å². The van der Waals surface area contributed by atoms with Crippen LogP contribution >= 0.6 is 0 Å². The van der Waals surface area contributed by atoms with Crippen LogP contribution in [-0.2, 0) is 0 Å². The molecule has 0 aliphatic carbocycles. The van der Waals surface area contributed by atoms with E-state index >= 15 is 0 Å². The fraction of sp³-hybridized carbons (Fsp3) is 0.0909. The van der Waals surface area contributed by atoms with Crippen LogP contribution in [0.15, 0.2) is 30.6 Å². The van der Waals surface area contributed by atoms with E-state index < -0.39 is 10.9 Å². The lowest BCUT2D eigenvalue weighted by atomic mass is 10.2. The number of nitrogens with zero attached hydrogens (tertiary/aromatic N) is 3. The number of carboxylic acids is 1. The van der Waals surface area contributed by atoms with Crippen molar-refractivity contribution >= 4 is 11.7 Å². The molecule has 0 aliphatic rings. The SMILES string of the molecule is Cc1ccc(-n2cc(C(=O)O)cn2)cc1[N+](=O)[O-]. The number of rotatable bonds is 3. The van der Waals surface area contributed by atoms with Gasteiger partial charge < -0.3 is 5.11 Å². The lowest BCUT2D eigenvalue weighted by Gasteiger charge is -2.02. The van der Waals surface area contributed by atoms with E-state index in [4.69, 9.17) is 5.11 Å². The van der Waals surface area contributed by atoms with Crippen molar-refractivity contribution in [1.29, 1.82) is 0 Å². The molecule has 1 aromatic carbocycles. The van der Waals surface area contributed by atoms with Crippen LogP contribution in [0, 0.1) is 17.0 Å². The van der Waals surface area contributed by atoms with Gasteiger partial charge in [-0.25, -0.2) is 9.48 Å². The molecule has 2 aromatic rings. The molecule has 0 atom stereocenters. The van der Waals surface area contributed by atoms with E-state index in [0.717, 1.165) is 0 Å². The molecule has 0 fully saturated rings. The third kappa shape index (κ3) is 2.05. The standard InChI is InChI=1S/C11H9N3O4/c1-7-2-3-9(4-10(7)14(17)18)13-6-8(5-12-13)11(15)16/h2-6H,1H3,(H,15,16). The van der Waals surface area contributed by atoms with Crippen LogP contribution in [0.5, 0.6) is 0 Å². The summed E-state index contributed by atoms with van der Waals surface area (Å²) in [7, 11) is 0. The first-order chi connectivity index (χ1) is 8.49. The number of carboxylic acid groups (broad SMARTS) is 1. The van der Waals surface area contributed by atoms with Crippen LogP contribution in [0.1, 0.15) is 15.9 Å². The van der Waals surface area contributed by atoms with Crippen LogP contribution in [0.2, 0.25) is 0 Å². The van der Waals surface area contributed by atoms with E-state index in [1.54, 1.807) is 19.1 Å². The van der Waals surface area contributed by atoms with Crippen molar-refractivity contribution in [1.82, 2.24) is 9.78 Å². The first-order valence-electron chi connectivity index (χ1n) is 5.02. The molecule has 0 unspecified atom stereocenters. The molecule has 0 aliphatic heterocycles. The molecule has 7 nitrogen and oxygen atoms in total. The molecule has 0 bridgehead atoms. The second-order valence-corrected chi connectivity index (χ2v) is 3.71. The summed E-state index contributed by atoms with van der Waals surface area (Å²) in [6.45, 7) is 1.63. The second kappa shape index (κ2) is 4.28. The van der Waals surface area contributed by atoms with Gasteiger partial charge in [0.15, 0.2) is 0 Å². The van der Waals surface area contributed by atoms with E-state index in [1.807, 2.05) is 0 Å². The highest BCUT2D eigenvalue weighted by atomic mass is 16.6. The average Bonchev–Trinajstić information content (AvgIpc) is 2.78. The normalized spacial score (nSPS) is 10.3. The number of aromatic carboxylic acids is 1. The second-order valence-electron chi connectivity index (χ2n) is 3.71. The Hall–Kier alpha value is -2.70. The highest BCUT2D eigenvalue weighted by molar-refractivity contribution is 5.87. The molecule has 92 valence electrons. The number of benzene rings is 1. The minimum absolute atomic E-state index is 0.0261. The smallest absolute Gasteiger partial charge is 0.338 e. The molecule has 0 saturated carbocycles. The third-order valence-electron chi connectivity index (χ3n) is 2.48. The molecule has 0 amide bonds. The number of nitro groups is 1. The summed E-state index contributed by atoms with van der Waals surface area (Å²) in [4.78, 5) is 21.0. The quantitative estimate of drug-likeness (QED) is 0.658. The molecule has 0 saturated heterocycles. The third-order valence-corrected chi connectivity index (χ3v) is 2.48. The summed E-state index contributed by atoms with van der Waals surface area (Å²) in [5.74, 6) is -1.09. The van der Waals surface area contributed by atoms with E-state index in [-0.39, 0.29) is 11.3 Å². The van der Waals surface area contributed by atoms with Crippen molar-refractivity contribution in [3.63, 3.8) is 0 Å². The Bertz CT molecular complexity index is 633. The summed E-state index contributed by atoms with van der Waals surface area (Å²) in [6, 6.07) is 4.59. The first kappa shape index (κ1) is 11.8. The zero-order chi connectivity index (χ0) is 13.3. The molecule has 1 heterocycles. The summed E-state index contributed by atoms with van der Waals surface area (Å²) in [6.07, 6.45) is 2.49. The largest absolute Gasteiger partial charge is 0.478 e. The van der Waals surface area contributed by atoms with Gasteiger partial charge in [0.1, 0.15) is 0 Å². The summed E-state index contributed by atoms with van der Waals surface area (Å²) < 4.78 is 1.29. The lowest BCUT2D eigenvalue weighted by Crippen LogP contribution is -1.98. The molecule has 0 spiro atoms. The van der Waals surface area contributed by atoms with Gasteiger partial charge in [0.05, 0.1) is 22.4 Å². The van der Waals surface area contributed by atoms with Gasteiger partial charge in [-0.05, 0) is 13.0 Å². The Morgan fingerprint density at radius 3 is 2.78 bits per heavy atom. The fourth-order valence-corrected chi connectivity index (χ4v) is 1.51. The average molecular weight is 247 g/mol. The molecule has 7 heteroatoms. The maximum Gasteiger partial charge on any atom is 0.338 e. The Kier molecular flexibility index (Phi) is 2.80. The number of aryl methyl sites for hydroxylation is 1. The van der Waals surface area contributed by atoms with Gasteiger partial charge in [-0.15, -0.1) is 0 Å². The molecular weight excluding hydrogens is 238 g/mol. The highest BCUT2D eigenvalue weighted by Gasteiger charge is 2.13. The van der Waals surface area contributed by atoms with E-state index in [1.165, 1.54) is 23.1 Å². The number of nitro benzene ring substituents is 1. The number of hydrogen-bond acceptors (Lipinski definition) is 4. The van der Waals surface area contributed by atoms with Crippen LogP contribution in [0.25, 0.3) is 5.69 Å². The van der Waals surface area contributed by atoms with Crippen molar-refractivity contribution in [3.05, 3.63) is 51.8 Å². The Morgan fingerprint density at radius 1 is 1.50 bits per heavy atom. The summed E-state index contributed by atoms with van der Waals surface area (Å²) in [5, 5.41) is 23.4. The summed E-state index contributed by atoms with van der Waals surface area (Å²) in [5.41, 5.74) is 0.979. The zero-order valence-corrected chi connectivity index (χ0v) is 9.40. The van der Waals surface area contributed by atoms with E-state index in [9.17, 15) is 14.9 Å². The zero-order valence-electron chi connectivity index (χ0n) is 9.40. The lowest BCUT2D eigenvalue weighted by molar-refractivity contribution is -0.385. The predicted molar refractivity (Wildman–Crippen MR) is 61.9 cm³/mol. The Balaban J connectivity index is 2.47. The van der Waals surface area contributed by atoms with Crippen molar-refractivity contribution in [2.24, 2.45) is 0 Å². The van der Waals surface area contributed by atoms with Gasteiger partial charge in [0, 0.05) is 17.8 Å². The van der Waals surface area contributed by atoms with Gasteiger partial charge in [0.25, 0.3) is 5.69 Å². The van der Waals surface area contributed by atoms with Crippen molar-refractivity contribution in [2.45, 2.75) is 6.92 Å². The Labute approximate surface area is 101 Å². The van der Waals surface area contributed by atoms with Crippen molar-refractivity contribution in [3.8, 4) is 5.69 Å². The van der Waals surface area contributed by atoms with Gasteiger partial charge in [-0.2, -0.15) is 5.10 Å². The van der Waals surface area contributed by atoms with E-state index in [2.05, 4.69) is 5.10 Å². The monoisotopic (exact) mass is 247 g/mol. The van der Waals surface area contributed by atoms with E-state index in [0.29, 0.717) is 11.3 Å². The van der Waals surface area contributed by atoms with Crippen molar-refractivity contribution in [2.75, 3.05) is 0 Å². The maximum atomic E-state index is 10.8. The van der Waals surface area contributed by atoms with Crippen LogP contribution in [0.3, 0.4) is 0 Å². The molecule has 0 radical (unpaired) electrons. The number of hydrogen-bond donors (Lipinski definition) is 1. The number of aromatic nitrogens is 2. The van der Waals surface area contributed by atoms with Crippen molar-refractivity contribution < 1.29 is 14.8 Å². The van der Waals surface area contributed by atoms with Crippen LogP contribution < -0.4 is 0 Å².